The molecule has 0 spiro atoms. The molecule has 4 aromatic rings. The molecule has 1 amide bonds. The van der Waals surface area contributed by atoms with E-state index in [0.717, 1.165) is 32.2 Å². The SMILES string of the molecule is Cc1c(NC(=O)C2Oc3ccccc3OC2C)cccc1-c1nc2cccnc2s1. The van der Waals surface area contributed by atoms with Gasteiger partial charge in [-0.05, 0) is 49.7 Å². The lowest BCUT2D eigenvalue weighted by Crippen LogP contribution is -2.46. The zero-order chi connectivity index (χ0) is 20.7. The molecule has 0 radical (unpaired) electrons. The van der Waals surface area contributed by atoms with Gasteiger partial charge in [-0.1, -0.05) is 35.6 Å². The Morgan fingerprint density at radius 1 is 1.03 bits per heavy atom. The van der Waals surface area contributed by atoms with Crippen LogP contribution in [0.5, 0.6) is 11.5 Å². The molecule has 3 heterocycles. The van der Waals surface area contributed by atoms with Gasteiger partial charge in [-0.3, -0.25) is 4.79 Å². The van der Waals surface area contributed by atoms with E-state index in [9.17, 15) is 4.79 Å². The molecule has 2 atom stereocenters. The number of nitrogens with zero attached hydrogens (tertiary/aromatic N) is 2. The molecule has 2 aromatic carbocycles. The number of rotatable bonds is 3. The van der Waals surface area contributed by atoms with Gasteiger partial charge in [0.25, 0.3) is 5.91 Å². The Morgan fingerprint density at radius 3 is 2.63 bits per heavy atom. The van der Waals surface area contributed by atoms with Gasteiger partial charge < -0.3 is 14.8 Å². The number of thiazole rings is 1. The molecule has 0 fully saturated rings. The first-order valence-electron chi connectivity index (χ1n) is 9.65. The van der Waals surface area contributed by atoms with E-state index in [4.69, 9.17) is 9.47 Å². The summed E-state index contributed by atoms with van der Waals surface area (Å²) in [5, 5.41) is 3.87. The van der Waals surface area contributed by atoms with Crippen LogP contribution in [-0.4, -0.2) is 28.1 Å². The molecule has 2 aromatic heterocycles. The molecule has 5 rings (SSSR count). The van der Waals surface area contributed by atoms with Crippen LogP contribution in [0.1, 0.15) is 12.5 Å². The van der Waals surface area contributed by atoms with E-state index in [1.807, 2.05) is 62.4 Å². The Bertz CT molecular complexity index is 1220. The van der Waals surface area contributed by atoms with Gasteiger partial charge in [0.05, 0.1) is 0 Å². The highest BCUT2D eigenvalue weighted by atomic mass is 32.1. The number of fused-ring (bicyclic) bond motifs is 2. The van der Waals surface area contributed by atoms with Crippen molar-refractivity contribution in [3.8, 4) is 22.1 Å². The van der Waals surface area contributed by atoms with Crippen LogP contribution in [-0.2, 0) is 4.79 Å². The van der Waals surface area contributed by atoms with E-state index in [2.05, 4.69) is 15.3 Å². The van der Waals surface area contributed by atoms with Gasteiger partial charge >= 0.3 is 0 Å². The number of hydrogen-bond donors (Lipinski definition) is 1. The molecule has 0 saturated heterocycles. The summed E-state index contributed by atoms with van der Waals surface area (Å²) in [5.41, 5.74) is 3.50. The molecule has 7 heteroatoms. The predicted octanol–water partition coefficient (Wildman–Crippen LogP) is 4.83. The molecule has 2 unspecified atom stereocenters. The lowest BCUT2D eigenvalue weighted by molar-refractivity contribution is -0.128. The minimum absolute atomic E-state index is 0.247. The molecule has 6 nitrogen and oxygen atoms in total. The van der Waals surface area contributed by atoms with Gasteiger partial charge in [-0.2, -0.15) is 0 Å². The van der Waals surface area contributed by atoms with Crippen LogP contribution in [0.3, 0.4) is 0 Å². The second kappa shape index (κ2) is 7.42. The van der Waals surface area contributed by atoms with Crippen molar-refractivity contribution in [2.24, 2.45) is 0 Å². The number of amides is 1. The van der Waals surface area contributed by atoms with Gasteiger partial charge in [0, 0.05) is 17.4 Å². The fourth-order valence-electron chi connectivity index (χ4n) is 3.50. The molecule has 30 heavy (non-hydrogen) atoms. The Morgan fingerprint density at radius 2 is 1.83 bits per heavy atom. The maximum Gasteiger partial charge on any atom is 0.269 e. The summed E-state index contributed by atoms with van der Waals surface area (Å²) in [7, 11) is 0. The van der Waals surface area contributed by atoms with Gasteiger partial charge in [-0.25, -0.2) is 9.97 Å². The predicted molar refractivity (Wildman–Crippen MR) is 117 cm³/mol. The summed E-state index contributed by atoms with van der Waals surface area (Å²) in [4.78, 5) is 22.9. The van der Waals surface area contributed by atoms with Crippen LogP contribution in [0, 0.1) is 6.92 Å². The summed E-state index contributed by atoms with van der Waals surface area (Å²) in [6.07, 6.45) is 0.618. The van der Waals surface area contributed by atoms with Gasteiger partial charge in [0.15, 0.2) is 11.5 Å². The Hall–Kier alpha value is -3.45. The molecule has 150 valence electrons. The average Bonchev–Trinajstić information content (AvgIpc) is 3.18. The van der Waals surface area contributed by atoms with E-state index < -0.39 is 12.2 Å². The maximum atomic E-state index is 13.0. The Balaban J connectivity index is 1.41. The number of aromatic nitrogens is 2. The van der Waals surface area contributed by atoms with E-state index in [1.165, 1.54) is 11.3 Å². The van der Waals surface area contributed by atoms with Crippen molar-refractivity contribution in [1.29, 1.82) is 0 Å². The molecular formula is C23H19N3O3S. The number of para-hydroxylation sites is 2. The number of carbonyl (C=O) groups is 1. The summed E-state index contributed by atoms with van der Waals surface area (Å²) < 4.78 is 11.8. The third kappa shape index (κ3) is 3.27. The van der Waals surface area contributed by atoms with Crippen molar-refractivity contribution < 1.29 is 14.3 Å². The molecule has 0 saturated carbocycles. The van der Waals surface area contributed by atoms with Crippen LogP contribution < -0.4 is 14.8 Å². The lowest BCUT2D eigenvalue weighted by atomic mass is 10.1. The van der Waals surface area contributed by atoms with Crippen molar-refractivity contribution in [2.45, 2.75) is 26.1 Å². The van der Waals surface area contributed by atoms with Gasteiger partial charge in [-0.15, -0.1) is 0 Å². The first kappa shape index (κ1) is 18.6. The van der Waals surface area contributed by atoms with Crippen LogP contribution in [0.15, 0.2) is 60.8 Å². The quantitative estimate of drug-likeness (QED) is 0.517. The number of nitrogens with one attached hydrogen (secondary N) is 1. The first-order chi connectivity index (χ1) is 14.6. The van der Waals surface area contributed by atoms with Gasteiger partial charge in [0.1, 0.15) is 21.5 Å². The highest BCUT2D eigenvalue weighted by molar-refractivity contribution is 7.21. The third-order valence-corrected chi connectivity index (χ3v) is 6.10. The van der Waals surface area contributed by atoms with E-state index in [0.29, 0.717) is 11.5 Å². The zero-order valence-corrected chi connectivity index (χ0v) is 17.3. The topological polar surface area (TPSA) is 73.3 Å². The summed E-state index contributed by atoms with van der Waals surface area (Å²) in [6.45, 7) is 3.80. The average molecular weight is 417 g/mol. The molecule has 1 aliphatic heterocycles. The van der Waals surface area contributed by atoms with Crippen LogP contribution in [0.25, 0.3) is 20.9 Å². The largest absolute Gasteiger partial charge is 0.482 e. The number of carbonyl (C=O) groups excluding carboxylic acids is 1. The maximum absolute atomic E-state index is 13.0. The minimum Gasteiger partial charge on any atom is -0.482 e. The Kier molecular flexibility index (Phi) is 4.59. The zero-order valence-electron chi connectivity index (χ0n) is 16.5. The van der Waals surface area contributed by atoms with Crippen LogP contribution >= 0.6 is 11.3 Å². The van der Waals surface area contributed by atoms with Crippen molar-refractivity contribution in [1.82, 2.24) is 9.97 Å². The molecule has 1 aliphatic rings. The molecule has 0 bridgehead atoms. The number of hydrogen-bond acceptors (Lipinski definition) is 6. The number of anilines is 1. The van der Waals surface area contributed by atoms with Gasteiger partial charge in [0.2, 0.25) is 6.10 Å². The highest BCUT2D eigenvalue weighted by Crippen LogP contribution is 2.35. The van der Waals surface area contributed by atoms with Crippen LogP contribution in [0.4, 0.5) is 5.69 Å². The second-order valence-corrected chi connectivity index (χ2v) is 8.10. The standard InChI is InChI=1S/C23H19N3O3S/c1-13-15(22-26-17-9-6-12-24-23(17)30-22)7-5-8-16(13)25-21(27)20-14(2)28-18-10-3-4-11-19(18)29-20/h3-12,14,20H,1-2H3,(H,25,27). The molecule has 1 N–H and O–H groups in total. The van der Waals surface area contributed by atoms with Crippen molar-refractivity contribution in [2.75, 3.05) is 5.32 Å². The molecule has 0 aliphatic carbocycles. The number of benzene rings is 2. The summed E-state index contributed by atoms with van der Waals surface area (Å²) in [6, 6.07) is 17.0. The second-order valence-electron chi connectivity index (χ2n) is 7.12. The fraction of sp³-hybridized carbons (Fsp3) is 0.174. The Labute approximate surface area is 177 Å². The number of pyridine rings is 1. The molecular weight excluding hydrogens is 398 g/mol. The third-order valence-electron chi connectivity index (χ3n) is 5.09. The van der Waals surface area contributed by atoms with Crippen LogP contribution in [0.2, 0.25) is 0 Å². The monoisotopic (exact) mass is 417 g/mol. The van der Waals surface area contributed by atoms with Crippen molar-refractivity contribution >= 4 is 33.3 Å². The lowest BCUT2D eigenvalue weighted by Gasteiger charge is -2.31. The number of ether oxygens (including phenoxy) is 2. The van der Waals surface area contributed by atoms with E-state index in [-0.39, 0.29) is 5.91 Å². The first-order valence-corrected chi connectivity index (χ1v) is 10.5. The van der Waals surface area contributed by atoms with E-state index in [1.54, 1.807) is 12.3 Å². The summed E-state index contributed by atoms with van der Waals surface area (Å²) >= 11 is 1.53. The smallest absolute Gasteiger partial charge is 0.269 e. The minimum atomic E-state index is -0.741. The summed E-state index contributed by atoms with van der Waals surface area (Å²) in [5.74, 6) is 0.975. The van der Waals surface area contributed by atoms with E-state index >= 15 is 0 Å². The van der Waals surface area contributed by atoms with Crippen molar-refractivity contribution in [3.05, 3.63) is 66.4 Å². The van der Waals surface area contributed by atoms with Crippen molar-refractivity contribution in [3.63, 3.8) is 0 Å². The normalized spacial score (nSPS) is 17.7. The fourth-order valence-corrected chi connectivity index (χ4v) is 4.49. The highest BCUT2D eigenvalue weighted by Gasteiger charge is 2.34.